The van der Waals surface area contributed by atoms with Gasteiger partial charge in [-0.2, -0.15) is 0 Å². The van der Waals surface area contributed by atoms with Crippen molar-refractivity contribution in [3.63, 3.8) is 0 Å². The lowest BCUT2D eigenvalue weighted by molar-refractivity contribution is 0.142. The van der Waals surface area contributed by atoms with E-state index in [4.69, 9.17) is 9.47 Å². The monoisotopic (exact) mass is 281 g/mol. The molecule has 0 amide bonds. The van der Waals surface area contributed by atoms with Crippen LogP contribution in [0.25, 0.3) is 0 Å². The van der Waals surface area contributed by atoms with Crippen molar-refractivity contribution in [2.45, 2.75) is 32.5 Å². The van der Waals surface area contributed by atoms with Crippen LogP contribution in [0.3, 0.4) is 0 Å². The Morgan fingerprint density at radius 2 is 1.90 bits per heavy atom. The Hall–Kier alpha value is -2.00. The van der Waals surface area contributed by atoms with Crippen LogP contribution >= 0.6 is 0 Å². The fraction of sp³-hybridized carbons (Fsp3) is 0.333. The highest BCUT2D eigenvalue weighted by Gasteiger charge is 2.26. The molecule has 0 aliphatic carbocycles. The van der Waals surface area contributed by atoms with E-state index >= 15 is 0 Å². The van der Waals surface area contributed by atoms with E-state index in [-0.39, 0.29) is 6.23 Å². The number of ether oxygens (including phenoxy) is 2. The van der Waals surface area contributed by atoms with E-state index in [2.05, 4.69) is 36.5 Å². The van der Waals surface area contributed by atoms with E-state index in [1.54, 1.807) is 0 Å². The van der Waals surface area contributed by atoms with Crippen LogP contribution in [0.4, 0.5) is 0 Å². The Morgan fingerprint density at radius 3 is 2.81 bits per heavy atom. The molecule has 2 heterocycles. The first-order chi connectivity index (χ1) is 10.3. The highest BCUT2D eigenvalue weighted by molar-refractivity contribution is 5.50. The van der Waals surface area contributed by atoms with Gasteiger partial charge in [0.1, 0.15) is 11.5 Å². The summed E-state index contributed by atoms with van der Waals surface area (Å²) in [6.07, 6.45) is 2.10. The molecule has 2 aromatic rings. The average Bonchev–Trinajstić information content (AvgIpc) is 2.54. The van der Waals surface area contributed by atoms with Gasteiger partial charge in [-0.25, -0.2) is 0 Å². The smallest absolute Gasteiger partial charge is 0.177 e. The minimum absolute atomic E-state index is 0.0683. The Kier molecular flexibility index (Phi) is 3.08. The van der Waals surface area contributed by atoms with Crippen LogP contribution in [0.2, 0.25) is 0 Å². The van der Waals surface area contributed by atoms with Gasteiger partial charge in [-0.05, 0) is 37.5 Å². The molecule has 0 aromatic heterocycles. The molecule has 1 N–H and O–H groups in total. The molecule has 0 saturated carbocycles. The van der Waals surface area contributed by atoms with Gasteiger partial charge in [0.15, 0.2) is 6.23 Å². The molecule has 21 heavy (non-hydrogen) atoms. The minimum Gasteiger partial charge on any atom is -0.493 e. The van der Waals surface area contributed by atoms with Crippen LogP contribution in [-0.4, -0.2) is 6.61 Å². The van der Waals surface area contributed by atoms with Crippen molar-refractivity contribution in [2.75, 3.05) is 6.61 Å². The van der Waals surface area contributed by atoms with Gasteiger partial charge in [0.2, 0.25) is 0 Å². The Balaban J connectivity index is 1.68. The van der Waals surface area contributed by atoms with E-state index in [0.717, 1.165) is 37.5 Å². The maximum atomic E-state index is 6.20. The molecule has 1 atom stereocenters. The molecule has 0 fully saturated rings. The van der Waals surface area contributed by atoms with Gasteiger partial charge in [0, 0.05) is 23.2 Å². The summed E-state index contributed by atoms with van der Waals surface area (Å²) in [7, 11) is 0. The second-order valence-corrected chi connectivity index (χ2v) is 5.71. The molecule has 0 radical (unpaired) electrons. The van der Waals surface area contributed by atoms with Crippen molar-refractivity contribution in [3.05, 3.63) is 58.7 Å². The maximum Gasteiger partial charge on any atom is 0.177 e. The van der Waals surface area contributed by atoms with Gasteiger partial charge < -0.3 is 9.47 Å². The molecular weight excluding hydrogens is 262 g/mol. The summed E-state index contributed by atoms with van der Waals surface area (Å²) in [6.45, 7) is 3.78. The van der Waals surface area contributed by atoms with E-state index in [9.17, 15) is 0 Å². The summed E-state index contributed by atoms with van der Waals surface area (Å²) in [5, 5.41) is 3.50. The molecule has 1 unspecified atom stereocenters. The normalized spacial score (nSPS) is 20.0. The number of benzene rings is 2. The van der Waals surface area contributed by atoms with Gasteiger partial charge in [-0.15, -0.1) is 0 Å². The van der Waals surface area contributed by atoms with Crippen LogP contribution in [0, 0.1) is 6.92 Å². The first-order valence-electron chi connectivity index (χ1n) is 7.56. The Bertz CT molecular complexity index is 681. The number of hydrogen-bond acceptors (Lipinski definition) is 3. The number of aryl methyl sites for hydroxylation is 1. The number of hydrogen-bond donors (Lipinski definition) is 1. The van der Waals surface area contributed by atoms with E-state index < -0.39 is 0 Å². The van der Waals surface area contributed by atoms with Gasteiger partial charge in [0.25, 0.3) is 0 Å². The van der Waals surface area contributed by atoms with Crippen molar-refractivity contribution >= 4 is 0 Å². The molecule has 4 rings (SSSR count). The molecule has 3 heteroatoms. The highest BCUT2D eigenvalue weighted by Crippen LogP contribution is 2.38. The quantitative estimate of drug-likeness (QED) is 0.868. The highest BCUT2D eigenvalue weighted by atomic mass is 16.5. The van der Waals surface area contributed by atoms with Crippen LogP contribution in [0.15, 0.2) is 36.4 Å². The van der Waals surface area contributed by atoms with Gasteiger partial charge in [-0.1, -0.05) is 24.3 Å². The predicted molar refractivity (Wildman–Crippen MR) is 81.6 cm³/mol. The molecular formula is C18H19NO2. The SMILES string of the molecule is Cc1ccccc1C1NCc2c(ccc3c2CCCO3)O1. The molecule has 0 spiro atoms. The predicted octanol–water partition coefficient (Wildman–Crippen LogP) is 3.50. The minimum atomic E-state index is -0.0683. The van der Waals surface area contributed by atoms with Gasteiger partial charge >= 0.3 is 0 Å². The van der Waals surface area contributed by atoms with E-state index in [1.165, 1.54) is 22.3 Å². The lowest BCUT2D eigenvalue weighted by Gasteiger charge is -2.31. The van der Waals surface area contributed by atoms with Crippen molar-refractivity contribution < 1.29 is 9.47 Å². The van der Waals surface area contributed by atoms with Crippen LogP contribution in [-0.2, 0) is 13.0 Å². The third-order valence-electron chi connectivity index (χ3n) is 4.35. The molecule has 2 aromatic carbocycles. The maximum absolute atomic E-state index is 6.20. The van der Waals surface area contributed by atoms with Crippen molar-refractivity contribution in [1.82, 2.24) is 5.32 Å². The second kappa shape index (κ2) is 5.08. The van der Waals surface area contributed by atoms with Gasteiger partial charge in [-0.3, -0.25) is 5.32 Å². The zero-order chi connectivity index (χ0) is 14.2. The number of fused-ring (bicyclic) bond motifs is 3. The van der Waals surface area contributed by atoms with Gasteiger partial charge in [0.05, 0.1) is 6.61 Å². The fourth-order valence-corrected chi connectivity index (χ4v) is 3.21. The zero-order valence-electron chi connectivity index (χ0n) is 12.2. The largest absolute Gasteiger partial charge is 0.493 e. The fourth-order valence-electron chi connectivity index (χ4n) is 3.21. The molecule has 108 valence electrons. The van der Waals surface area contributed by atoms with E-state index in [0.29, 0.717) is 0 Å². The Labute approximate surface area is 124 Å². The molecule has 0 bridgehead atoms. The average molecular weight is 281 g/mol. The number of nitrogens with one attached hydrogen (secondary N) is 1. The van der Waals surface area contributed by atoms with Crippen molar-refractivity contribution in [2.24, 2.45) is 0 Å². The summed E-state index contributed by atoms with van der Waals surface area (Å²) in [5.41, 5.74) is 5.03. The summed E-state index contributed by atoms with van der Waals surface area (Å²) in [4.78, 5) is 0. The van der Waals surface area contributed by atoms with Crippen LogP contribution in [0.5, 0.6) is 11.5 Å². The molecule has 3 nitrogen and oxygen atoms in total. The van der Waals surface area contributed by atoms with Crippen LogP contribution < -0.4 is 14.8 Å². The third-order valence-corrected chi connectivity index (χ3v) is 4.35. The first kappa shape index (κ1) is 12.7. The zero-order valence-corrected chi connectivity index (χ0v) is 12.2. The topological polar surface area (TPSA) is 30.5 Å². The lowest BCUT2D eigenvalue weighted by Crippen LogP contribution is -2.32. The summed E-state index contributed by atoms with van der Waals surface area (Å²) in [6, 6.07) is 12.5. The summed E-state index contributed by atoms with van der Waals surface area (Å²) < 4.78 is 11.9. The van der Waals surface area contributed by atoms with Crippen LogP contribution in [0.1, 0.15) is 34.9 Å². The first-order valence-corrected chi connectivity index (χ1v) is 7.56. The van der Waals surface area contributed by atoms with E-state index in [1.807, 2.05) is 12.1 Å². The Morgan fingerprint density at radius 1 is 1.05 bits per heavy atom. The van der Waals surface area contributed by atoms with Crippen molar-refractivity contribution in [3.8, 4) is 11.5 Å². The third kappa shape index (κ3) is 2.18. The molecule has 2 aliphatic heterocycles. The number of rotatable bonds is 1. The summed E-state index contributed by atoms with van der Waals surface area (Å²) in [5.74, 6) is 2.02. The second-order valence-electron chi connectivity index (χ2n) is 5.71. The lowest BCUT2D eigenvalue weighted by atomic mass is 9.97. The van der Waals surface area contributed by atoms with Crippen molar-refractivity contribution in [1.29, 1.82) is 0 Å². The molecule has 2 aliphatic rings. The summed E-state index contributed by atoms with van der Waals surface area (Å²) >= 11 is 0. The molecule has 0 saturated heterocycles. The standard InChI is InChI=1S/C18H19NO2/c1-12-5-2-3-6-13(12)18-19-11-15-14-7-4-10-20-16(14)8-9-17(15)21-18/h2-3,5-6,8-9,18-19H,4,7,10-11H2,1H3.